The summed E-state index contributed by atoms with van der Waals surface area (Å²) in [5.41, 5.74) is 1.22. The van der Waals surface area contributed by atoms with Gasteiger partial charge in [0.15, 0.2) is 5.96 Å². The first-order chi connectivity index (χ1) is 15.6. The average molecular weight is 445 g/mol. The zero-order valence-electron chi connectivity index (χ0n) is 19.9. The predicted octanol–water partition coefficient (Wildman–Crippen LogP) is 1.25. The van der Waals surface area contributed by atoms with Gasteiger partial charge in [0.05, 0.1) is 19.8 Å². The monoisotopic (exact) mass is 444 g/mol. The molecule has 2 N–H and O–H groups in total. The maximum Gasteiger partial charge on any atom is 0.242 e. The van der Waals surface area contributed by atoms with Crippen LogP contribution >= 0.6 is 0 Å². The molecule has 1 atom stereocenters. The van der Waals surface area contributed by atoms with Crippen LogP contribution in [0.4, 0.5) is 5.69 Å². The smallest absolute Gasteiger partial charge is 0.242 e. The summed E-state index contributed by atoms with van der Waals surface area (Å²) in [5, 5.41) is 6.65. The minimum atomic E-state index is 0.118. The first-order valence-corrected chi connectivity index (χ1v) is 11.9. The van der Waals surface area contributed by atoms with E-state index in [1.165, 1.54) is 5.69 Å². The maximum atomic E-state index is 12.7. The van der Waals surface area contributed by atoms with E-state index in [0.717, 1.165) is 65.4 Å². The van der Waals surface area contributed by atoms with Crippen molar-refractivity contribution in [3.05, 3.63) is 30.3 Å². The van der Waals surface area contributed by atoms with E-state index >= 15 is 0 Å². The molecule has 0 radical (unpaired) electrons. The van der Waals surface area contributed by atoms with Gasteiger partial charge in [0.2, 0.25) is 5.91 Å². The molecule has 0 aliphatic carbocycles. The summed E-state index contributed by atoms with van der Waals surface area (Å²) in [7, 11) is 1.75. The molecule has 8 heteroatoms. The standard InChI is InChI=1S/C24H40N6O2/c1-20(2)17-22(29-13-15-32-16-14-29)18-26-24(25-3)27-19-23(31)30-11-9-28(10-12-30)21-7-5-4-6-8-21/h4-8,20,22H,9-19H2,1-3H3,(H2,25,26,27). The molecule has 0 bridgehead atoms. The van der Waals surface area contributed by atoms with Gasteiger partial charge in [-0.3, -0.25) is 14.7 Å². The molecule has 2 saturated heterocycles. The van der Waals surface area contributed by atoms with Crippen LogP contribution in [-0.2, 0) is 9.53 Å². The lowest BCUT2D eigenvalue weighted by molar-refractivity contribution is -0.130. The average Bonchev–Trinajstić information content (AvgIpc) is 2.84. The summed E-state index contributed by atoms with van der Waals surface area (Å²) in [5.74, 6) is 1.42. The van der Waals surface area contributed by atoms with Crippen molar-refractivity contribution >= 4 is 17.6 Å². The molecule has 2 aliphatic heterocycles. The number of morpholine rings is 1. The summed E-state index contributed by atoms with van der Waals surface area (Å²) in [4.78, 5) is 23.8. The number of carbonyl (C=O) groups is 1. The molecule has 3 rings (SSSR count). The number of hydrogen-bond acceptors (Lipinski definition) is 5. The first-order valence-electron chi connectivity index (χ1n) is 11.9. The van der Waals surface area contributed by atoms with Crippen molar-refractivity contribution in [1.29, 1.82) is 0 Å². The molecule has 0 aromatic heterocycles. The zero-order chi connectivity index (χ0) is 22.8. The lowest BCUT2D eigenvalue weighted by Gasteiger charge is -2.36. The van der Waals surface area contributed by atoms with Crippen LogP contribution in [0.1, 0.15) is 20.3 Å². The number of nitrogens with zero attached hydrogens (tertiary/aromatic N) is 4. The Kier molecular flexibility index (Phi) is 9.62. The van der Waals surface area contributed by atoms with Crippen LogP contribution in [0, 0.1) is 5.92 Å². The van der Waals surface area contributed by atoms with E-state index < -0.39 is 0 Å². The molecule has 178 valence electrons. The van der Waals surface area contributed by atoms with Gasteiger partial charge in [-0.1, -0.05) is 32.0 Å². The Labute approximate surface area is 193 Å². The van der Waals surface area contributed by atoms with Crippen LogP contribution in [0.2, 0.25) is 0 Å². The maximum absolute atomic E-state index is 12.7. The summed E-state index contributed by atoms with van der Waals surface area (Å²) in [6, 6.07) is 10.8. The number of hydrogen-bond donors (Lipinski definition) is 2. The largest absolute Gasteiger partial charge is 0.379 e. The van der Waals surface area contributed by atoms with E-state index in [0.29, 0.717) is 17.9 Å². The molecule has 1 unspecified atom stereocenters. The van der Waals surface area contributed by atoms with E-state index in [-0.39, 0.29) is 12.5 Å². The minimum Gasteiger partial charge on any atom is -0.379 e. The quantitative estimate of drug-likeness (QED) is 0.465. The van der Waals surface area contributed by atoms with Gasteiger partial charge >= 0.3 is 0 Å². The van der Waals surface area contributed by atoms with Crippen molar-refractivity contribution in [2.75, 3.05) is 77.5 Å². The number of benzene rings is 1. The minimum absolute atomic E-state index is 0.118. The zero-order valence-corrected chi connectivity index (χ0v) is 19.9. The van der Waals surface area contributed by atoms with E-state index in [9.17, 15) is 4.79 Å². The van der Waals surface area contributed by atoms with Gasteiger partial charge in [-0.25, -0.2) is 0 Å². The number of guanidine groups is 1. The number of rotatable bonds is 8. The Hall–Kier alpha value is -2.32. The Morgan fingerprint density at radius 2 is 1.72 bits per heavy atom. The summed E-state index contributed by atoms with van der Waals surface area (Å²) in [6.45, 7) is 12.3. The molecule has 8 nitrogen and oxygen atoms in total. The van der Waals surface area contributed by atoms with Gasteiger partial charge in [0.1, 0.15) is 0 Å². The summed E-state index contributed by atoms with van der Waals surface area (Å²) in [6.07, 6.45) is 1.12. The second-order valence-electron chi connectivity index (χ2n) is 8.94. The van der Waals surface area contributed by atoms with Crippen LogP contribution in [0.3, 0.4) is 0 Å². The highest BCUT2D eigenvalue weighted by molar-refractivity contribution is 5.86. The lowest BCUT2D eigenvalue weighted by atomic mass is 10.0. The number of ether oxygens (including phenoxy) is 1. The first kappa shape index (κ1) is 24.3. The molecule has 1 aromatic carbocycles. The van der Waals surface area contributed by atoms with E-state index in [1.807, 2.05) is 11.0 Å². The van der Waals surface area contributed by atoms with Crippen LogP contribution in [-0.4, -0.2) is 100 Å². The van der Waals surface area contributed by atoms with E-state index in [1.54, 1.807) is 7.05 Å². The summed E-state index contributed by atoms with van der Waals surface area (Å²) < 4.78 is 5.51. The Balaban J connectivity index is 1.41. The lowest BCUT2D eigenvalue weighted by Crippen LogP contribution is -2.53. The highest BCUT2D eigenvalue weighted by atomic mass is 16.5. The van der Waals surface area contributed by atoms with Crippen LogP contribution < -0.4 is 15.5 Å². The van der Waals surface area contributed by atoms with Crippen molar-refractivity contribution in [3.8, 4) is 0 Å². The third-order valence-electron chi connectivity index (χ3n) is 6.20. The highest BCUT2D eigenvalue weighted by Crippen LogP contribution is 2.15. The third-order valence-corrected chi connectivity index (χ3v) is 6.20. The number of aliphatic imine (C=N–C) groups is 1. The predicted molar refractivity (Wildman–Crippen MR) is 130 cm³/mol. The van der Waals surface area contributed by atoms with Crippen molar-refractivity contribution in [1.82, 2.24) is 20.4 Å². The molecule has 1 aromatic rings. The van der Waals surface area contributed by atoms with Crippen molar-refractivity contribution < 1.29 is 9.53 Å². The Morgan fingerprint density at radius 3 is 2.34 bits per heavy atom. The second kappa shape index (κ2) is 12.6. The topological polar surface area (TPSA) is 72.4 Å². The SMILES string of the molecule is CN=C(NCC(=O)N1CCN(c2ccccc2)CC1)NCC(CC(C)C)N1CCOCC1. The molecule has 1 amide bonds. The van der Waals surface area contributed by atoms with Gasteiger partial charge in [0, 0.05) is 64.6 Å². The van der Waals surface area contributed by atoms with Gasteiger partial charge in [-0.15, -0.1) is 0 Å². The number of carbonyl (C=O) groups excluding carboxylic acids is 1. The molecule has 32 heavy (non-hydrogen) atoms. The molecule has 2 fully saturated rings. The Bertz CT molecular complexity index is 712. The number of anilines is 1. The van der Waals surface area contributed by atoms with Gasteiger partial charge in [0.25, 0.3) is 0 Å². The molecule has 2 heterocycles. The van der Waals surface area contributed by atoms with Crippen LogP contribution in [0.15, 0.2) is 35.3 Å². The molecular weight excluding hydrogens is 404 g/mol. The number of piperazine rings is 1. The van der Waals surface area contributed by atoms with Gasteiger partial charge in [-0.05, 0) is 24.5 Å². The van der Waals surface area contributed by atoms with E-state index in [2.05, 4.69) is 63.5 Å². The molecule has 0 saturated carbocycles. The second-order valence-corrected chi connectivity index (χ2v) is 8.94. The van der Waals surface area contributed by atoms with Gasteiger partial charge in [-0.2, -0.15) is 0 Å². The van der Waals surface area contributed by atoms with Gasteiger partial charge < -0.3 is 25.2 Å². The van der Waals surface area contributed by atoms with Crippen LogP contribution in [0.25, 0.3) is 0 Å². The van der Waals surface area contributed by atoms with E-state index in [4.69, 9.17) is 4.74 Å². The third kappa shape index (κ3) is 7.38. The fourth-order valence-corrected chi connectivity index (χ4v) is 4.41. The van der Waals surface area contributed by atoms with Crippen LogP contribution in [0.5, 0.6) is 0 Å². The highest BCUT2D eigenvalue weighted by Gasteiger charge is 2.23. The summed E-state index contributed by atoms with van der Waals surface area (Å²) >= 11 is 0. The fourth-order valence-electron chi connectivity index (χ4n) is 4.41. The van der Waals surface area contributed by atoms with Crippen molar-refractivity contribution in [2.45, 2.75) is 26.3 Å². The molecule has 2 aliphatic rings. The molecular formula is C24H40N6O2. The molecule has 0 spiro atoms. The van der Waals surface area contributed by atoms with Crippen molar-refractivity contribution in [2.24, 2.45) is 10.9 Å². The number of para-hydroxylation sites is 1. The number of nitrogens with one attached hydrogen (secondary N) is 2. The fraction of sp³-hybridized carbons (Fsp3) is 0.667. The normalized spacial score (nSPS) is 19.2. The number of amides is 1. The Morgan fingerprint density at radius 1 is 1.03 bits per heavy atom. The van der Waals surface area contributed by atoms with Crippen molar-refractivity contribution in [3.63, 3.8) is 0 Å².